The first-order valence-electron chi connectivity index (χ1n) is 11.7. The van der Waals surface area contributed by atoms with Crippen molar-refractivity contribution >= 4 is 11.9 Å². The molecule has 0 radical (unpaired) electrons. The molecule has 11 heteroatoms. The smallest absolute Gasteiger partial charge is 0.280 e. The van der Waals surface area contributed by atoms with Crippen LogP contribution >= 0.6 is 0 Å². The maximum absolute atomic E-state index is 13.3. The second kappa shape index (κ2) is 14.7. The average molecular weight is 513 g/mol. The molecule has 0 heterocycles. The van der Waals surface area contributed by atoms with Gasteiger partial charge in [0.15, 0.2) is 0 Å². The molecule has 0 bridgehead atoms. The lowest BCUT2D eigenvalue weighted by molar-refractivity contribution is 0.0458. The van der Waals surface area contributed by atoms with Gasteiger partial charge in [0.1, 0.15) is 11.9 Å². The number of rotatable bonds is 13. The molecule has 0 saturated heterocycles. The maximum Gasteiger partial charge on any atom is 0.280 e. The number of guanidine groups is 1. The van der Waals surface area contributed by atoms with E-state index in [0.717, 1.165) is 0 Å². The van der Waals surface area contributed by atoms with Gasteiger partial charge < -0.3 is 25.4 Å². The van der Waals surface area contributed by atoms with Crippen LogP contribution in [0.25, 0.3) is 0 Å². The molecule has 2 rings (SSSR count). The van der Waals surface area contributed by atoms with Crippen LogP contribution in [-0.2, 0) is 9.47 Å². The SMILES string of the molecule is CNC(CC(N=O)c1ccc(F)cc1)N/C(=N\C(=O)c1cccc(C#N)c1)NC(C)(C)COCCOC. The van der Waals surface area contributed by atoms with E-state index in [2.05, 4.69) is 26.1 Å². The Kier molecular flexibility index (Phi) is 11.8. The van der Waals surface area contributed by atoms with E-state index in [1.54, 1.807) is 32.4 Å². The normalized spacial score (nSPS) is 13.4. The van der Waals surface area contributed by atoms with E-state index in [-0.39, 0.29) is 24.6 Å². The fourth-order valence-electron chi connectivity index (χ4n) is 3.37. The number of benzene rings is 2. The zero-order valence-corrected chi connectivity index (χ0v) is 21.5. The van der Waals surface area contributed by atoms with Gasteiger partial charge in [0.05, 0.1) is 43.2 Å². The molecule has 0 fully saturated rings. The number of carbonyl (C=O) groups is 1. The minimum absolute atomic E-state index is 0.135. The standard InChI is InChI=1S/C26H33FN6O4/c1-26(2,17-37-13-12-36-4)32-25(31-24(34)20-7-5-6-18(14-20)16-28)30-23(29-3)15-22(33-35)19-8-10-21(27)11-9-19/h5-11,14,22-23,29H,12-13,15,17H2,1-4H3,(H2,30,31,32,34). The fourth-order valence-corrected chi connectivity index (χ4v) is 3.37. The summed E-state index contributed by atoms with van der Waals surface area (Å²) in [6.45, 7) is 4.87. The van der Waals surface area contributed by atoms with Crippen LogP contribution in [0.3, 0.4) is 0 Å². The van der Waals surface area contributed by atoms with Crippen LogP contribution in [0, 0.1) is 22.1 Å². The van der Waals surface area contributed by atoms with Crippen LogP contribution < -0.4 is 16.0 Å². The number of hydrogen-bond acceptors (Lipinski definition) is 7. The van der Waals surface area contributed by atoms with Crippen LogP contribution in [0.4, 0.5) is 4.39 Å². The molecule has 2 atom stereocenters. The number of hydrogen-bond donors (Lipinski definition) is 3. The highest BCUT2D eigenvalue weighted by Gasteiger charge is 2.24. The van der Waals surface area contributed by atoms with E-state index >= 15 is 0 Å². The van der Waals surface area contributed by atoms with Crippen LogP contribution in [0.1, 0.15) is 47.8 Å². The third-order valence-electron chi connectivity index (χ3n) is 5.30. The third kappa shape index (κ3) is 10.0. The maximum atomic E-state index is 13.3. The summed E-state index contributed by atoms with van der Waals surface area (Å²) in [6, 6.07) is 13.0. The first kappa shape index (κ1) is 29.5. The van der Waals surface area contributed by atoms with Crippen LogP contribution in [-0.4, -0.2) is 57.5 Å². The van der Waals surface area contributed by atoms with Crippen molar-refractivity contribution in [3.05, 3.63) is 75.9 Å². The lowest BCUT2D eigenvalue weighted by atomic mass is 10.0. The Morgan fingerprint density at radius 3 is 2.54 bits per heavy atom. The molecule has 2 aromatic rings. The Balaban J connectivity index is 2.27. The number of nitrogens with zero attached hydrogens (tertiary/aromatic N) is 3. The summed E-state index contributed by atoms with van der Waals surface area (Å²) in [5.41, 5.74) is 0.490. The lowest BCUT2D eigenvalue weighted by Crippen LogP contribution is -2.56. The van der Waals surface area contributed by atoms with Crippen molar-refractivity contribution in [3.63, 3.8) is 0 Å². The van der Waals surface area contributed by atoms with E-state index in [9.17, 15) is 14.1 Å². The zero-order chi connectivity index (χ0) is 27.3. The van der Waals surface area contributed by atoms with Crippen molar-refractivity contribution in [2.24, 2.45) is 10.2 Å². The highest BCUT2D eigenvalue weighted by Crippen LogP contribution is 2.22. The summed E-state index contributed by atoms with van der Waals surface area (Å²) in [5, 5.41) is 21.7. The Morgan fingerprint density at radius 1 is 1.19 bits per heavy atom. The van der Waals surface area contributed by atoms with E-state index in [1.165, 1.54) is 30.3 Å². The number of ether oxygens (including phenoxy) is 2. The summed E-state index contributed by atoms with van der Waals surface area (Å²) >= 11 is 0. The molecule has 0 spiro atoms. The van der Waals surface area contributed by atoms with Crippen molar-refractivity contribution in [2.75, 3.05) is 34.0 Å². The van der Waals surface area contributed by atoms with Crippen LogP contribution in [0.2, 0.25) is 0 Å². The van der Waals surface area contributed by atoms with Gasteiger partial charge in [-0.1, -0.05) is 23.4 Å². The monoisotopic (exact) mass is 512 g/mol. The molecule has 3 N–H and O–H groups in total. The van der Waals surface area contributed by atoms with Gasteiger partial charge in [-0.2, -0.15) is 15.2 Å². The summed E-state index contributed by atoms with van der Waals surface area (Å²) in [6.07, 6.45) is -0.350. The molecular weight excluding hydrogens is 479 g/mol. The summed E-state index contributed by atoms with van der Waals surface area (Å²) in [5.74, 6) is -0.846. The molecule has 2 unspecified atom stereocenters. The topological polar surface area (TPSA) is 137 Å². The van der Waals surface area contributed by atoms with Gasteiger partial charge >= 0.3 is 0 Å². The van der Waals surface area contributed by atoms with Crippen molar-refractivity contribution in [2.45, 2.75) is 38.0 Å². The summed E-state index contributed by atoms with van der Waals surface area (Å²) in [4.78, 5) is 28.8. The number of carbonyl (C=O) groups excluding carboxylic acids is 1. The molecule has 198 valence electrons. The Bertz CT molecular complexity index is 1100. The molecule has 0 aromatic heterocycles. The van der Waals surface area contributed by atoms with Crippen molar-refractivity contribution < 1.29 is 18.7 Å². The molecule has 0 aliphatic heterocycles. The zero-order valence-electron chi connectivity index (χ0n) is 21.5. The predicted molar refractivity (Wildman–Crippen MR) is 138 cm³/mol. The first-order chi connectivity index (χ1) is 17.7. The first-order valence-corrected chi connectivity index (χ1v) is 11.7. The van der Waals surface area contributed by atoms with Crippen molar-refractivity contribution in [1.82, 2.24) is 16.0 Å². The van der Waals surface area contributed by atoms with Crippen molar-refractivity contribution in [1.29, 1.82) is 5.26 Å². The number of nitroso groups, excluding NO2 is 1. The molecular formula is C26H33FN6O4. The van der Waals surface area contributed by atoms with Crippen LogP contribution in [0.5, 0.6) is 0 Å². The molecule has 37 heavy (non-hydrogen) atoms. The van der Waals surface area contributed by atoms with Gasteiger partial charge in [0, 0.05) is 19.1 Å². The molecule has 0 aliphatic rings. The average Bonchev–Trinajstić information content (AvgIpc) is 2.89. The van der Waals surface area contributed by atoms with Gasteiger partial charge in [-0.25, -0.2) is 4.39 Å². The minimum Gasteiger partial charge on any atom is -0.382 e. The Hall–Kier alpha value is -3.72. The number of amides is 1. The number of nitriles is 1. The largest absolute Gasteiger partial charge is 0.382 e. The molecule has 2 aromatic carbocycles. The molecule has 0 aliphatic carbocycles. The predicted octanol–water partition coefficient (Wildman–Crippen LogP) is 3.26. The number of nitrogens with one attached hydrogen (secondary N) is 3. The minimum atomic E-state index is -0.778. The van der Waals surface area contributed by atoms with Gasteiger partial charge in [0.25, 0.3) is 5.91 Å². The number of methoxy groups -OCH3 is 1. The third-order valence-corrected chi connectivity index (χ3v) is 5.30. The Labute approximate surface area is 216 Å². The fraction of sp³-hybridized carbons (Fsp3) is 0.423. The van der Waals surface area contributed by atoms with Gasteiger partial charge in [-0.3, -0.25) is 4.79 Å². The summed E-state index contributed by atoms with van der Waals surface area (Å²) in [7, 11) is 3.26. The van der Waals surface area contributed by atoms with Crippen LogP contribution in [0.15, 0.2) is 58.7 Å². The van der Waals surface area contributed by atoms with E-state index in [0.29, 0.717) is 24.3 Å². The molecule has 1 amide bonds. The lowest BCUT2D eigenvalue weighted by Gasteiger charge is -2.30. The summed E-state index contributed by atoms with van der Waals surface area (Å²) < 4.78 is 24.0. The molecule has 10 nitrogen and oxygen atoms in total. The van der Waals surface area contributed by atoms with Gasteiger partial charge in [-0.05, 0) is 56.8 Å². The van der Waals surface area contributed by atoms with E-state index in [1.807, 2.05) is 19.9 Å². The quantitative estimate of drug-likeness (QED) is 0.122. The highest BCUT2D eigenvalue weighted by atomic mass is 19.1. The second-order valence-electron chi connectivity index (χ2n) is 8.91. The number of halogens is 1. The van der Waals surface area contributed by atoms with Crippen molar-refractivity contribution in [3.8, 4) is 6.07 Å². The van der Waals surface area contributed by atoms with E-state index in [4.69, 9.17) is 14.7 Å². The Morgan fingerprint density at radius 2 is 1.92 bits per heavy atom. The number of aliphatic imine (C=N–C) groups is 1. The van der Waals surface area contributed by atoms with Gasteiger partial charge in [0.2, 0.25) is 5.96 Å². The highest BCUT2D eigenvalue weighted by molar-refractivity contribution is 6.03. The van der Waals surface area contributed by atoms with E-state index < -0.39 is 29.5 Å². The van der Waals surface area contributed by atoms with Gasteiger partial charge in [-0.15, -0.1) is 0 Å². The molecule has 0 saturated carbocycles. The second-order valence-corrected chi connectivity index (χ2v) is 8.91.